The average molecular weight is 889 g/mol. The van der Waals surface area contributed by atoms with Crippen molar-refractivity contribution in [2.45, 2.75) is 12.3 Å². The Balaban J connectivity index is 0.946. The Morgan fingerprint density at radius 1 is 0.485 bits per heavy atom. The van der Waals surface area contributed by atoms with Crippen molar-refractivity contribution >= 4 is 93.0 Å². The third-order valence-electron chi connectivity index (χ3n) is 13.7. The van der Waals surface area contributed by atoms with Crippen molar-refractivity contribution in [2.75, 3.05) is 4.90 Å². The van der Waals surface area contributed by atoms with E-state index < -0.39 is 0 Å². The lowest BCUT2D eigenvalue weighted by Gasteiger charge is -2.28. The van der Waals surface area contributed by atoms with Gasteiger partial charge < -0.3 is 13.9 Å². The van der Waals surface area contributed by atoms with E-state index in [2.05, 4.69) is 253 Å². The molecule has 0 aliphatic rings. The van der Waals surface area contributed by atoms with E-state index in [4.69, 9.17) is 4.42 Å². The second-order valence-electron chi connectivity index (χ2n) is 17.6. The number of benzene rings is 10. The summed E-state index contributed by atoms with van der Waals surface area (Å²) in [5.74, 6) is 0.210. The van der Waals surface area contributed by atoms with Crippen LogP contribution in [-0.4, -0.2) is 4.57 Å². The number of anilines is 3. The molecular formula is C64H44N2OS. The fraction of sp³-hybridized carbons (Fsp3) is 0.0312. The standard InChI is InChI=1S/C64H44N2OS/c1-2-15-52(64-41-47-18-5-14-27-63(47)68-64)43-30-35-49(36-31-43)65(57-23-10-7-20-51(57)46-32-37-61-55(39-46)56-38-44-16-3-4-17-45(44)40-62(56)67-61)48-33-28-42(29-34-48)50-19-6-11-24-58(50)66-59-25-12-8-21-53(59)54-22-9-13-26-60(54)66/h2-14,16-41,52H,1,15H2. The molecule has 0 fully saturated rings. The summed E-state index contributed by atoms with van der Waals surface area (Å²) in [7, 11) is 0. The first-order chi connectivity index (χ1) is 33.7. The van der Waals surface area contributed by atoms with Crippen LogP contribution in [0.5, 0.6) is 0 Å². The first-order valence-corrected chi connectivity index (χ1v) is 24.1. The lowest BCUT2D eigenvalue weighted by atomic mass is 9.93. The number of allylic oxidation sites excluding steroid dienone is 1. The maximum atomic E-state index is 6.47. The molecule has 4 heteroatoms. The van der Waals surface area contributed by atoms with E-state index >= 15 is 0 Å². The monoisotopic (exact) mass is 888 g/mol. The van der Waals surface area contributed by atoms with Gasteiger partial charge in [-0.05, 0) is 124 Å². The summed E-state index contributed by atoms with van der Waals surface area (Å²) < 4.78 is 10.2. The van der Waals surface area contributed by atoms with Crippen LogP contribution in [0.4, 0.5) is 17.1 Å². The summed E-state index contributed by atoms with van der Waals surface area (Å²) in [6, 6.07) is 83.9. The number of aromatic nitrogens is 1. The van der Waals surface area contributed by atoms with Gasteiger partial charge in [0.1, 0.15) is 11.2 Å². The molecule has 0 aliphatic carbocycles. The maximum absolute atomic E-state index is 6.47. The van der Waals surface area contributed by atoms with Crippen molar-refractivity contribution in [2.24, 2.45) is 0 Å². The smallest absolute Gasteiger partial charge is 0.136 e. The van der Waals surface area contributed by atoms with Crippen LogP contribution in [0.1, 0.15) is 22.8 Å². The van der Waals surface area contributed by atoms with Gasteiger partial charge in [-0.2, -0.15) is 0 Å². The summed E-state index contributed by atoms with van der Waals surface area (Å²) in [5, 5.41) is 8.39. The molecule has 322 valence electrons. The Kier molecular flexibility index (Phi) is 9.66. The number of hydrogen-bond acceptors (Lipinski definition) is 3. The minimum atomic E-state index is 0.210. The number of fused-ring (bicyclic) bond motifs is 8. The highest BCUT2D eigenvalue weighted by Crippen LogP contribution is 2.45. The van der Waals surface area contributed by atoms with Crippen molar-refractivity contribution in [1.29, 1.82) is 0 Å². The number of furan rings is 1. The van der Waals surface area contributed by atoms with Gasteiger partial charge in [-0.1, -0.05) is 152 Å². The molecule has 0 spiro atoms. The van der Waals surface area contributed by atoms with Gasteiger partial charge in [0.15, 0.2) is 0 Å². The van der Waals surface area contributed by atoms with Crippen molar-refractivity contribution < 1.29 is 4.42 Å². The van der Waals surface area contributed by atoms with Crippen LogP contribution in [0.15, 0.2) is 248 Å². The minimum Gasteiger partial charge on any atom is -0.456 e. The predicted octanol–water partition coefficient (Wildman–Crippen LogP) is 18.6. The Labute approximate surface area is 398 Å². The van der Waals surface area contributed by atoms with E-state index in [1.165, 1.54) is 58.7 Å². The second kappa shape index (κ2) is 16.5. The molecule has 0 aliphatic heterocycles. The van der Waals surface area contributed by atoms with Crippen molar-refractivity contribution in [1.82, 2.24) is 4.57 Å². The Bertz CT molecular complexity index is 3950. The van der Waals surface area contributed by atoms with Crippen LogP contribution in [0, 0.1) is 0 Å². The summed E-state index contributed by atoms with van der Waals surface area (Å²) in [4.78, 5) is 3.77. The van der Waals surface area contributed by atoms with Crippen LogP contribution < -0.4 is 4.90 Å². The zero-order valence-corrected chi connectivity index (χ0v) is 38.0. The lowest BCUT2D eigenvalue weighted by molar-refractivity contribution is 0.669. The summed E-state index contributed by atoms with van der Waals surface area (Å²) in [6.45, 7) is 4.18. The van der Waals surface area contributed by atoms with Gasteiger partial charge in [-0.15, -0.1) is 17.9 Å². The van der Waals surface area contributed by atoms with Gasteiger partial charge in [0.2, 0.25) is 0 Å². The second-order valence-corrected chi connectivity index (χ2v) is 18.8. The van der Waals surface area contributed by atoms with Gasteiger partial charge in [-0.3, -0.25) is 0 Å². The third-order valence-corrected chi connectivity index (χ3v) is 14.9. The van der Waals surface area contributed by atoms with Crippen LogP contribution in [0.3, 0.4) is 0 Å². The number of para-hydroxylation sites is 4. The molecule has 13 aromatic rings. The first-order valence-electron chi connectivity index (χ1n) is 23.3. The summed E-state index contributed by atoms with van der Waals surface area (Å²) in [5.41, 5.74) is 14.4. The third kappa shape index (κ3) is 6.72. The molecule has 0 saturated heterocycles. The molecule has 0 N–H and O–H groups in total. The molecule has 0 amide bonds. The fourth-order valence-electron chi connectivity index (χ4n) is 10.5. The summed E-state index contributed by atoms with van der Waals surface area (Å²) >= 11 is 1.88. The molecule has 13 rings (SSSR count). The van der Waals surface area contributed by atoms with Gasteiger partial charge in [-0.25, -0.2) is 0 Å². The van der Waals surface area contributed by atoms with E-state index in [9.17, 15) is 0 Å². The number of thiophene rings is 1. The van der Waals surface area contributed by atoms with E-state index in [1.807, 2.05) is 11.3 Å². The molecule has 10 aromatic carbocycles. The van der Waals surface area contributed by atoms with Crippen molar-refractivity contribution in [3.05, 3.63) is 254 Å². The molecule has 68 heavy (non-hydrogen) atoms. The molecule has 0 radical (unpaired) electrons. The maximum Gasteiger partial charge on any atom is 0.136 e. The average Bonchev–Trinajstić information content (AvgIpc) is 4.09. The van der Waals surface area contributed by atoms with E-state index in [-0.39, 0.29) is 5.92 Å². The number of hydrogen-bond donors (Lipinski definition) is 0. The summed E-state index contributed by atoms with van der Waals surface area (Å²) in [6.07, 6.45) is 2.91. The largest absolute Gasteiger partial charge is 0.456 e. The molecule has 0 bridgehead atoms. The van der Waals surface area contributed by atoms with Gasteiger partial charge in [0.05, 0.1) is 22.4 Å². The zero-order valence-electron chi connectivity index (χ0n) is 37.2. The molecule has 3 nitrogen and oxygen atoms in total. The van der Waals surface area contributed by atoms with Crippen LogP contribution in [-0.2, 0) is 0 Å². The minimum absolute atomic E-state index is 0.210. The van der Waals surface area contributed by atoms with Gasteiger partial charge >= 0.3 is 0 Å². The fourth-order valence-corrected chi connectivity index (χ4v) is 11.7. The van der Waals surface area contributed by atoms with Crippen molar-refractivity contribution in [3.8, 4) is 27.9 Å². The highest BCUT2D eigenvalue weighted by atomic mass is 32.1. The number of nitrogens with zero attached hydrogens (tertiary/aromatic N) is 2. The van der Waals surface area contributed by atoms with E-state index in [0.717, 1.165) is 67.8 Å². The highest BCUT2D eigenvalue weighted by Gasteiger charge is 2.22. The van der Waals surface area contributed by atoms with Crippen LogP contribution in [0.2, 0.25) is 0 Å². The molecule has 3 heterocycles. The van der Waals surface area contributed by atoms with Gasteiger partial charge in [0.25, 0.3) is 0 Å². The first kappa shape index (κ1) is 39.9. The van der Waals surface area contributed by atoms with Gasteiger partial charge in [0, 0.05) is 59.5 Å². The van der Waals surface area contributed by atoms with Crippen LogP contribution in [0.25, 0.3) is 92.5 Å². The van der Waals surface area contributed by atoms with E-state index in [0.29, 0.717) is 0 Å². The molecule has 3 aromatic heterocycles. The Hall–Kier alpha value is -8.44. The normalized spacial score (nSPS) is 12.2. The van der Waals surface area contributed by atoms with E-state index in [1.54, 1.807) is 0 Å². The molecule has 0 saturated carbocycles. The topological polar surface area (TPSA) is 21.3 Å². The Morgan fingerprint density at radius 2 is 1.07 bits per heavy atom. The zero-order chi connectivity index (χ0) is 45.1. The predicted molar refractivity (Wildman–Crippen MR) is 290 cm³/mol. The highest BCUT2D eigenvalue weighted by molar-refractivity contribution is 7.19. The molecule has 1 atom stereocenters. The lowest BCUT2D eigenvalue weighted by Crippen LogP contribution is -2.11. The quantitative estimate of drug-likeness (QED) is 0.128. The van der Waals surface area contributed by atoms with Crippen LogP contribution >= 0.6 is 11.3 Å². The Morgan fingerprint density at radius 3 is 1.81 bits per heavy atom. The molecular weight excluding hydrogens is 845 g/mol. The SMILES string of the molecule is C=CCC(c1ccc(N(c2ccc(-c3ccccc3-n3c4ccccc4c4ccccc43)cc2)c2ccccc2-c2ccc3oc4cc5ccccc5cc4c3c2)cc1)c1cc2ccccc2s1. The molecule has 1 unspecified atom stereocenters. The number of rotatable bonds is 10. The van der Waals surface area contributed by atoms with Crippen molar-refractivity contribution in [3.63, 3.8) is 0 Å².